The van der Waals surface area contributed by atoms with Crippen molar-refractivity contribution in [3.8, 4) is 0 Å². The molecule has 0 aliphatic rings. The molecule has 1 unspecified atom stereocenters. The topological polar surface area (TPSA) is 12.0 Å². The van der Waals surface area contributed by atoms with E-state index in [1.165, 1.54) is 11.1 Å². The Morgan fingerprint density at radius 2 is 2.18 bits per heavy atom. The molecule has 0 bridgehead atoms. The van der Waals surface area contributed by atoms with E-state index in [4.69, 9.17) is 11.6 Å². The molecule has 0 radical (unpaired) electrons. The van der Waals surface area contributed by atoms with Gasteiger partial charge in [0.1, 0.15) is 0 Å². The quantitative estimate of drug-likeness (QED) is 0.844. The summed E-state index contributed by atoms with van der Waals surface area (Å²) in [6, 6.07) is 8.47. The Balaban J connectivity index is 2.35. The fraction of sp³-hybridized carbons (Fsp3) is 0.231. The van der Waals surface area contributed by atoms with E-state index in [1.807, 2.05) is 12.1 Å². The number of thiophene rings is 1. The molecule has 2 rings (SSSR count). The molecule has 0 spiro atoms. The van der Waals surface area contributed by atoms with E-state index < -0.39 is 0 Å². The summed E-state index contributed by atoms with van der Waals surface area (Å²) in [5, 5.41) is 8.50. The van der Waals surface area contributed by atoms with Crippen LogP contribution in [0.4, 0.5) is 0 Å². The van der Waals surface area contributed by atoms with E-state index >= 15 is 0 Å². The molecule has 1 atom stereocenters. The normalized spacial score (nSPS) is 12.6. The molecule has 17 heavy (non-hydrogen) atoms. The van der Waals surface area contributed by atoms with Crippen molar-refractivity contribution in [2.24, 2.45) is 0 Å². The van der Waals surface area contributed by atoms with Crippen LogP contribution in [0.5, 0.6) is 0 Å². The first-order chi connectivity index (χ1) is 8.22. The minimum Gasteiger partial charge on any atom is -0.307 e. The first-order valence-electron chi connectivity index (χ1n) is 5.42. The van der Waals surface area contributed by atoms with Gasteiger partial charge in [-0.2, -0.15) is 11.3 Å². The zero-order chi connectivity index (χ0) is 12.3. The van der Waals surface area contributed by atoms with Gasteiger partial charge in [-0.25, -0.2) is 0 Å². The van der Waals surface area contributed by atoms with Gasteiger partial charge in [-0.1, -0.05) is 24.6 Å². The lowest BCUT2D eigenvalue weighted by atomic mass is 10.0. The third kappa shape index (κ3) is 3.10. The predicted molar refractivity (Wildman–Crippen MR) is 79.0 cm³/mol. The molecule has 1 N–H and O–H groups in total. The molecule has 1 aromatic carbocycles. The molecule has 1 nitrogen and oxygen atoms in total. The number of hydrogen-bond donors (Lipinski definition) is 1. The Kier molecular flexibility index (Phi) is 4.62. The largest absolute Gasteiger partial charge is 0.307 e. The van der Waals surface area contributed by atoms with Crippen molar-refractivity contribution in [2.75, 3.05) is 6.54 Å². The Hall–Kier alpha value is -0.350. The molecule has 1 aromatic heterocycles. The van der Waals surface area contributed by atoms with E-state index in [0.717, 1.165) is 16.0 Å². The van der Waals surface area contributed by atoms with Crippen LogP contribution >= 0.6 is 38.9 Å². The summed E-state index contributed by atoms with van der Waals surface area (Å²) in [5.41, 5.74) is 2.48. The third-order valence-electron chi connectivity index (χ3n) is 2.56. The van der Waals surface area contributed by atoms with Crippen molar-refractivity contribution >= 4 is 38.9 Å². The number of halogens is 2. The van der Waals surface area contributed by atoms with Crippen LogP contribution in [0.2, 0.25) is 5.02 Å². The molecule has 0 aliphatic heterocycles. The van der Waals surface area contributed by atoms with Gasteiger partial charge in [0.05, 0.1) is 11.1 Å². The molecule has 2 aromatic rings. The van der Waals surface area contributed by atoms with Crippen LogP contribution in [0.1, 0.15) is 24.1 Å². The second-order valence-electron chi connectivity index (χ2n) is 3.72. The monoisotopic (exact) mass is 329 g/mol. The van der Waals surface area contributed by atoms with Crippen molar-refractivity contribution in [1.82, 2.24) is 5.32 Å². The number of rotatable bonds is 4. The fourth-order valence-corrected chi connectivity index (χ4v) is 2.89. The first-order valence-corrected chi connectivity index (χ1v) is 7.54. The molecule has 1 heterocycles. The van der Waals surface area contributed by atoms with Crippen molar-refractivity contribution in [2.45, 2.75) is 13.0 Å². The maximum atomic E-state index is 6.15. The zero-order valence-electron chi connectivity index (χ0n) is 9.41. The van der Waals surface area contributed by atoms with E-state index in [9.17, 15) is 0 Å². The highest BCUT2D eigenvalue weighted by atomic mass is 79.9. The van der Waals surface area contributed by atoms with Crippen LogP contribution in [0.3, 0.4) is 0 Å². The summed E-state index contributed by atoms with van der Waals surface area (Å²) < 4.78 is 0.934. The van der Waals surface area contributed by atoms with E-state index in [0.29, 0.717) is 0 Å². The fourth-order valence-electron chi connectivity index (χ4n) is 1.76. The van der Waals surface area contributed by atoms with Crippen LogP contribution in [0.15, 0.2) is 39.5 Å². The van der Waals surface area contributed by atoms with Gasteiger partial charge in [-0.05, 0) is 62.6 Å². The molecule has 0 aliphatic carbocycles. The number of nitrogens with one attached hydrogen (secondary N) is 1. The van der Waals surface area contributed by atoms with Crippen LogP contribution < -0.4 is 5.32 Å². The first kappa shape index (κ1) is 13.1. The Morgan fingerprint density at radius 3 is 2.76 bits per heavy atom. The van der Waals surface area contributed by atoms with Crippen LogP contribution in [-0.4, -0.2) is 6.54 Å². The summed E-state index contributed by atoms with van der Waals surface area (Å²) in [4.78, 5) is 0. The van der Waals surface area contributed by atoms with Crippen LogP contribution in [0.25, 0.3) is 0 Å². The van der Waals surface area contributed by atoms with Gasteiger partial charge in [0, 0.05) is 4.47 Å². The van der Waals surface area contributed by atoms with Gasteiger partial charge in [-0.15, -0.1) is 0 Å². The summed E-state index contributed by atoms with van der Waals surface area (Å²) in [6.45, 7) is 3.04. The highest BCUT2D eigenvalue weighted by Crippen LogP contribution is 2.29. The lowest BCUT2D eigenvalue weighted by Crippen LogP contribution is -2.21. The summed E-state index contributed by atoms with van der Waals surface area (Å²) in [5.74, 6) is 0. The lowest BCUT2D eigenvalue weighted by Gasteiger charge is -2.18. The smallest absolute Gasteiger partial charge is 0.0585 e. The van der Waals surface area contributed by atoms with Gasteiger partial charge in [0.15, 0.2) is 0 Å². The molecular formula is C13H13BrClNS. The van der Waals surface area contributed by atoms with Gasteiger partial charge >= 0.3 is 0 Å². The van der Waals surface area contributed by atoms with Gasteiger partial charge in [-0.3, -0.25) is 0 Å². The standard InChI is InChI=1S/C13H13BrClNS/c1-2-16-13(10-5-6-17-8-10)9-3-4-11(14)12(15)7-9/h3-8,13,16H,2H2,1H3. The Labute approximate surface area is 119 Å². The average molecular weight is 331 g/mol. The van der Waals surface area contributed by atoms with Crippen molar-refractivity contribution in [1.29, 1.82) is 0 Å². The Morgan fingerprint density at radius 1 is 1.35 bits per heavy atom. The van der Waals surface area contributed by atoms with Crippen molar-refractivity contribution in [3.05, 3.63) is 55.6 Å². The molecule has 0 fully saturated rings. The SMILES string of the molecule is CCNC(c1ccsc1)c1ccc(Br)c(Cl)c1. The lowest BCUT2D eigenvalue weighted by molar-refractivity contribution is 0.632. The summed E-state index contributed by atoms with van der Waals surface area (Å²) in [7, 11) is 0. The van der Waals surface area contributed by atoms with Crippen molar-refractivity contribution in [3.63, 3.8) is 0 Å². The van der Waals surface area contributed by atoms with Gasteiger partial charge in [0.25, 0.3) is 0 Å². The average Bonchev–Trinajstić information content (AvgIpc) is 2.83. The minimum atomic E-state index is 0.219. The van der Waals surface area contributed by atoms with E-state index in [1.54, 1.807) is 11.3 Å². The number of hydrogen-bond acceptors (Lipinski definition) is 2. The molecule has 4 heteroatoms. The Bertz CT molecular complexity index is 484. The zero-order valence-corrected chi connectivity index (χ0v) is 12.6. The molecule has 0 saturated carbocycles. The highest BCUT2D eigenvalue weighted by Gasteiger charge is 2.14. The van der Waals surface area contributed by atoms with Gasteiger partial charge < -0.3 is 5.32 Å². The maximum absolute atomic E-state index is 6.15. The van der Waals surface area contributed by atoms with E-state index in [-0.39, 0.29) is 6.04 Å². The highest BCUT2D eigenvalue weighted by molar-refractivity contribution is 9.10. The summed E-state index contributed by atoms with van der Waals surface area (Å²) >= 11 is 11.3. The second kappa shape index (κ2) is 6.01. The van der Waals surface area contributed by atoms with Crippen molar-refractivity contribution < 1.29 is 0 Å². The number of benzene rings is 1. The minimum absolute atomic E-state index is 0.219. The van der Waals surface area contributed by atoms with Crippen LogP contribution in [0, 0.1) is 0 Å². The van der Waals surface area contributed by atoms with E-state index in [2.05, 4.69) is 51.1 Å². The predicted octanol–water partition coefficient (Wildman–Crippen LogP) is 4.86. The summed E-state index contributed by atoms with van der Waals surface area (Å²) in [6.07, 6.45) is 0. The molecule has 90 valence electrons. The molecule has 0 saturated heterocycles. The molecule has 0 amide bonds. The molecular weight excluding hydrogens is 318 g/mol. The van der Waals surface area contributed by atoms with Crippen LogP contribution in [-0.2, 0) is 0 Å². The maximum Gasteiger partial charge on any atom is 0.0585 e. The van der Waals surface area contributed by atoms with Gasteiger partial charge in [0.2, 0.25) is 0 Å². The third-order valence-corrected chi connectivity index (χ3v) is 4.50. The second-order valence-corrected chi connectivity index (χ2v) is 5.76.